The Balaban J connectivity index is 1.83. The standard InChI is InChI=1S/C20H22N2O3/c23-19(15-8-4-3-5-9-15)21-16-10-11-18(17(14-16)20(24)25)22-12-6-1-2-7-13-22/h3-5,8-11,14H,1-2,6-7,12-13H2,(H,21,23)(H,24,25). The molecule has 3 rings (SSSR count). The molecular formula is C20H22N2O3. The molecule has 1 amide bonds. The molecule has 0 unspecified atom stereocenters. The van der Waals surface area contributed by atoms with Crippen molar-refractivity contribution < 1.29 is 14.7 Å². The van der Waals surface area contributed by atoms with Gasteiger partial charge in [0.2, 0.25) is 0 Å². The molecule has 25 heavy (non-hydrogen) atoms. The Morgan fingerprint density at radius 3 is 2.24 bits per heavy atom. The summed E-state index contributed by atoms with van der Waals surface area (Å²) < 4.78 is 0. The van der Waals surface area contributed by atoms with Crippen molar-refractivity contribution >= 4 is 23.3 Å². The Morgan fingerprint density at radius 1 is 0.920 bits per heavy atom. The van der Waals surface area contributed by atoms with Gasteiger partial charge < -0.3 is 15.3 Å². The van der Waals surface area contributed by atoms with Gasteiger partial charge in [-0.2, -0.15) is 0 Å². The molecule has 2 aromatic carbocycles. The smallest absolute Gasteiger partial charge is 0.337 e. The van der Waals surface area contributed by atoms with Crippen LogP contribution in [0.3, 0.4) is 0 Å². The summed E-state index contributed by atoms with van der Waals surface area (Å²) in [6, 6.07) is 14.0. The van der Waals surface area contributed by atoms with E-state index in [1.807, 2.05) is 6.07 Å². The number of carboxylic acid groups (broad SMARTS) is 1. The van der Waals surface area contributed by atoms with E-state index in [1.54, 1.807) is 42.5 Å². The lowest BCUT2D eigenvalue weighted by atomic mass is 10.1. The van der Waals surface area contributed by atoms with Crippen molar-refractivity contribution in [2.45, 2.75) is 25.7 Å². The molecule has 2 N–H and O–H groups in total. The molecule has 0 spiro atoms. The van der Waals surface area contributed by atoms with Crippen molar-refractivity contribution in [3.63, 3.8) is 0 Å². The van der Waals surface area contributed by atoms with Crippen LogP contribution in [0.5, 0.6) is 0 Å². The summed E-state index contributed by atoms with van der Waals surface area (Å²) in [5, 5.41) is 12.4. The van der Waals surface area contributed by atoms with Gasteiger partial charge in [0.25, 0.3) is 5.91 Å². The predicted octanol–water partition coefficient (Wildman–Crippen LogP) is 4.02. The third-order valence-electron chi connectivity index (χ3n) is 4.47. The highest BCUT2D eigenvalue weighted by atomic mass is 16.4. The molecule has 1 heterocycles. The van der Waals surface area contributed by atoms with Crippen LogP contribution in [0.4, 0.5) is 11.4 Å². The Morgan fingerprint density at radius 2 is 1.60 bits per heavy atom. The van der Waals surface area contributed by atoms with Crippen LogP contribution in [0.2, 0.25) is 0 Å². The van der Waals surface area contributed by atoms with Gasteiger partial charge in [-0.25, -0.2) is 4.79 Å². The van der Waals surface area contributed by atoms with Gasteiger partial charge in [0.05, 0.1) is 11.3 Å². The van der Waals surface area contributed by atoms with Crippen molar-refractivity contribution in [2.24, 2.45) is 0 Å². The van der Waals surface area contributed by atoms with Gasteiger partial charge in [-0.3, -0.25) is 4.79 Å². The van der Waals surface area contributed by atoms with Crippen LogP contribution in [-0.2, 0) is 0 Å². The first-order valence-electron chi connectivity index (χ1n) is 8.64. The van der Waals surface area contributed by atoms with E-state index in [9.17, 15) is 14.7 Å². The number of rotatable bonds is 4. The average molecular weight is 338 g/mol. The fourth-order valence-corrected chi connectivity index (χ4v) is 3.17. The van der Waals surface area contributed by atoms with E-state index in [2.05, 4.69) is 10.2 Å². The van der Waals surface area contributed by atoms with E-state index < -0.39 is 5.97 Å². The van der Waals surface area contributed by atoms with Crippen LogP contribution in [0.15, 0.2) is 48.5 Å². The van der Waals surface area contributed by atoms with Gasteiger partial charge in [-0.15, -0.1) is 0 Å². The lowest BCUT2D eigenvalue weighted by Gasteiger charge is -2.24. The van der Waals surface area contributed by atoms with E-state index in [0.29, 0.717) is 11.3 Å². The number of carbonyl (C=O) groups is 2. The quantitative estimate of drug-likeness (QED) is 0.883. The number of amides is 1. The van der Waals surface area contributed by atoms with Crippen molar-refractivity contribution in [3.8, 4) is 0 Å². The van der Waals surface area contributed by atoms with Gasteiger partial charge in [0.15, 0.2) is 0 Å². The molecule has 1 aliphatic rings. The molecule has 0 radical (unpaired) electrons. The Labute approximate surface area is 147 Å². The molecule has 1 aliphatic heterocycles. The van der Waals surface area contributed by atoms with E-state index >= 15 is 0 Å². The molecule has 0 aliphatic carbocycles. The highest BCUT2D eigenvalue weighted by Gasteiger charge is 2.18. The van der Waals surface area contributed by atoms with Gasteiger partial charge in [0.1, 0.15) is 0 Å². The fourth-order valence-electron chi connectivity index (χ4n) is 3.17. The first-order chi connectivity index (χ1) is 12.1. The number of carbonyl (C=O) groups excluding carboxylic acids is 1. The van der Waals surface area contributed by atoms with Crippen LogP contribution < -0.4 is 10.2 Å². The van der Waals surface area contributed by atoms with Gasteiger partial charge >= 0.3 is 5.97 Å². The summed E-state index contributed by atoms with van der Waals surface area (Å²) in [5.41, 5.74) is 1.99. The fraction of sp³-hybridized carbons (Fsp3) is 0.300. The summed E-state index contributed by atoms with van der Waals surface area (Å²) in [4.78, 5) is 26.1. The van der Waals surface area contributed by atoms with E-state index in [-0.39, 0.29) is 11.5 Å². The first kappa shape index (κ1) is 17.0. The van der Waals surface area contributed by atoms with Crippen LogP contribution in [-0.4, -0.2) is 30.1 Å². The summed E-state index contributed by atoms with van der Waals surface area (Å²) in [6.07, 6.45) is 4.52. The summed E-state index contributed by atoms with van der Waals surface area (Å²) >= 11 is 0. The average Bonchev–Trinajstić information content (AvgIpc) is 2.91. The van der Waals surface area contributed by atoms with Crippen LogP contribution in [0.1, 0.15) is 46.4 Å². The van der Waals surface area contributed by atoms with Crippen LogP contribution in [0.25, 0.3) is 0 Å². The van der Waals surface area contributed by atoms with Gasteiger partial charge in [0, 0.05) is 24.3 Å². The normalized spacial score (nSPS) is 14.6. The number of hydrogen-bond acceptors (Lipinski definition) is 3. The lowest BCUT2D eigenvalue weighted by molar-refractivity contribution is 0.0697. The van der Waals surface area contributed by atoms with E-state index in [1.165, 1.54) is 12.8 Å². The highest BCUT2D eigenvalue weighted by Crippen LogP contribution is 2.27. The zero-order chi connectivity index (χ0) is 17.6. The SMILES string of the molecule is O=C(Nc1ccc(N2CCCCCC2)c(C(=O)O)c1)c1ccccc1. The Kier molecular flexibility index (Phi) is 5.33. The highest BCUT2D eigenvalue weighted by molar-refractivity contribution is 6.05. The maximum absolute atomic E-state index is 12.3. The Bertz CT molecular complexity index is 751. The molecular weight excluding hydrogens is 316 g/mol. The second kappa shape index (κ2) is 7.83. The van der Waals surface area contributed by atoms with Gasteiger partial charge in [-0.1, -0.05) is 31.0 Å². The maximum Gasteiger partial charge on any atom is 0.337 e. The monoisotopic (exact) mass is 338 g/mol. The van der Waals surface area contributed by atoms with Crippen molar-refractivity contribution in [3.05, 3.63) is 59.7 Å². The molecule has 1 saturated heterocycles. The molecule has 130 valence electrons. The number of nitrogens with zero attached hydrogens (tertiary/aromatic N) is 1. The van der Waals surface area contributed by atoms with Crippen molar-refractivity contribution in [1.29, 1.82) is 0 Å². The lowest BCUT2D eigenvalue weighted by Crippen LogP contribution is -2.26. The third kappa shape index (κ3) is 4.18. The second-order valence-electron chi connectivity index (χ2n) is 6.26. The largest absolute Gasteiger partial charge is 0.478 e. The number of benzene rings is 2. The molecule has 5 heteroatoms. The van der Waals surface area contributed by atoms with Crippen LogP contribution in [0, 0.1) is 0 Å². The molecule has 5 nitrogen and oxygen atoms in total. The molecule has 0 saturated carbocycles. The maximum atomic E-state index is 12.3. The minimum Gasteiger partial charge on any atom is -0.478 e. The summed E-state index contributed by atoms with van der Waals surface area (Å²) in [6.45, 7) is 1.74. The Hall–Kier alpha value is -2.82. The molecule has 0 aromatic heterocycles. The molecule has 0 bridgehead atoms. The minimum atomic E-state index is -0.977. The van der Waals surface area contributed by atoms with E-state index in [0.717, 1.165) is 31.6 Å². The van der Waals surface area contributed by atoms with E-state index in [4.69, 9.17) is 0 Å². The number of nitrogens with one attached hydrogen (secondary N) is 1. The topological polar surface area (TPSA) is 69.6 Å². The minimum absolute atomic E-state index is 0.229. The number of anilines is 2. The number of hydrogen-bond donors (Lipinski definition) is 2. The van der Waals surface area contributed by atoms with Gasteiger partial charge in [-0.05, 0) is 43.2 Å². The predicted molar refractivity (Wildman–Crippen MR) is 98.5 cm³/mol. The molecule has 0 atom stereocenters. The molecule has 1 fully saturated rings. The van der Waals surface area contributed by atoms with Crippen molar-refractivity contribution in [1.82, 2.24) is 0 Å². The number of carboxylic acids is 1. The second-order valence-corrected chi connectivity index (χ2v) is 6.26. The zero-order valence-electron chi connectivity index (χ0n) is 14.1. The summed E-state index contributed by atoms with van der Waals surface area (Å²) in [7, 11) is 0. The van der Waals surface area contributed by atoms with Crippen molar-refractivity contribution in [2.75, 3.05) is 23.3 Å². The number of aromatic carboxylic acids is 1. The zero-order valence-corrected chi connectivity index (χ0v) is 14.1. The first-order valence-corrected chi connectivity index (χ1v) is 8.64. The van der Waals surface area contributed by atoms with Crippen LogP contribution >= 0.6 is 0 Å². The third-order valence-corrected chi connectivity index (χ3v) is 4.47. The summed E-state index contributed by atoms with van der Waals surface area (Å²) in [5.74, 6) is -1.23. The molecule has 2 aromatic rings.